The molecule has 0 aliphatic heterocycles. The Balaban J connectivity index is 1.63. The average Bonchev–Trinajstić information content (AvgIpc) is 2.69. The number of hydrogen-bond donors (Lipinski definition) is 0. The summed E-state index contributed by atoms with van der Waals surface area (Å²) in [6.45, 7) is 0.512. The molecule has 0 aliphatic rings. The largest absolute Gasteiger partial charge is 0.488 e. The van der Waals surface area contributed by atoms with Gasteiger partial charge in [0.2, 0.25) is 0 Å². The van der Waals surface area contributed by atoms with Gasteiger partial charge in [0.1, 0.15) is 24.8 Å². The zero-order valence-corrected chi connectivity index (χ0v) is 16.1. The summed E-state index contributed by atoms with van der Waals surface area (Å²) in [7, 11) is 0. The fourth-order valence-electron chi connectivity index (χ4n) is 2.50. The maximum Gasteiger partial charge on any atom is 0.310 e. The number of carbonyl (C=O) groups excluding carboxylic acids is 1. The van der Waals surface area contributed by atoms with E-state index in [-0.39, 0.29) is 18.6 Å². The third-order valence-corrected chi connectivity index (χ3v) is 4.54. The van der Waals surface area contributed by atoms with Crippen molar-refractivity contribution in [3.63, 3.8) is 0 Å². The predicted molar refractivity (Wildman–Crippen MR) is 105 cm³/mol. The summed E-state index contributed by atoms with van der Waals surface area (Å²) in [6, 6.07) is 21.9. The van der Waals surface area contributed by atoms with Crippen LogP contribution in [0.15, 0.2) is 77.3 Å². The van der Waals surface area contributed by atoms with Crippen LogP contribution in [0.2, 0.25) is 0 Å². The van der Waals surface area contributed by atoms with E-state index >= 15 is 0 Å². The third kappa shape index (κ3) is 5.66. The molecule has 0 aromatic heterocycles. The predicted octanol–water partition coefficient (Wildman–Crippen LogP) is 5.45. The minimum absolute atomic E-state index is 0.159. The van der Waals surface area contributed by atoms with Gasteiger partial charge < -0.3 is 9.47 Å². The van der Waals surface area contributed by atoms with Gasteiger partial charge in [0, 0.05) is 5.56 Å². The van der Waals surface area contributed by atoms with Crippen molar-refractivity contribution in [2.24, 2.45) is 0 Å². The smallest absolute Gasteiger partial charge is 0.310 e. The molecule has 3 rings (SSSR count). The van der Waals surface area contributed by atoms with Crippen LogP contribution in [-0.4, -0.2) is 5.97 Å². The molecule has 0 saturated carbocycles. The maximum absolute atomic E-state index is 14.2. The Morgan fingerprint density at radius 1 is 0.889 bits per heavy atom. The molecule has 0 aliphatic carbocycles. The van der Waals surface area contributed by atoms with Crippen molar-refractivity contribution >= 4 is 21.9 Å². The zero-order valence-electron chi connectivity index (χ0n) is 14.5. The van der Waals surface area contributed by atoms with Gasteiger partial charge in [0.05, 0.1) is 10.9 Å². The van der Waals surface area contributed by atoms with Gasteiger partial charge in [-0.3, -0.25) is 4.79 Å². The highest BCUT2D eigenvalue weighted by Crippen LogP contribution is 2.29. The molecule has 27 heavy (non-hydrogen) atoms. The number of rotatable bonds is 7. The molecule has 0 atom stereocenters. The normalized spacial score (nSPS) is 10.4. The maximum atomic E-state index is 14.2. The summed E-state index contributed by atoms with van der Waals surface area (Å²) in [5, 5.41) is 0. The molecule has 0 radical (unpaired) electrons. The lowest BCUT2D eigenvalue weighted by atomic mass is 10.1. The van der Waals surface area contributed by atoms with E-state index in [2.05, 4.69) is 15.9 Å². The van der Waals surface area contributed by atoms with Crippen molar-refractivity contribution in [1.29, 1.82) is 0 Å². The first kappa shape index (κ1) is 19.1. The molecule has 0 N–H and O–H groups in total. The highest BCUT2D eigenvalue weighted by atomic mass is 79.9. The summed E-state index contributed by atoms with van der Waals surface area (Å²) in [5.74, 6) is -0.495. The number of carbonyl (C=O) groups is 1. The molecule has 3 aromatic carbocycles. The third-order valence-electron chi connectivity index (χ3n) is 3.92. The van der Waals surface area contributed by atoms with Crippen molar-refractivity contribution < 1.29 is 18.7 Å². The molecule has 0 saturated heterocycles. The van der Waals surface area contributed by atoms with Crippen molar-refractivity contribution in [2.45, 2.75) is 19.6 Å². The van der Waals surface area contributed by atoms with E-state index in [4.69, 9.17) is 9.47 Å². The van der Waals surface area contributed by atoms with Crippen LogP contribution in [0.25, 0.3) is 0 Å². The van der Waals surface area contributed by atoms with Crippen LogP contribution >= 0.6 is 15.9 Å². The quantitative estimate of drug-likeness (QED) is 0.469. The van der Waals surface area contributed by atoms with Crippen LogP contribution in [0.5, 0.6) is 5.75 Å². The second kappa shape index (κ2) is 9.33. The van der Waals surface area contributed by atoms with E-state index in [9.17, 15) is 9.18 Å². The fourth-order valence-corrected chi connectivity index (χ4v) is 2.93. The van der Waals surface area contributed by atoms with Gasteiger partial charge in [-0.2, -0.15) is 0 Å². The van der Waals surface area contributed by atoms with Crippen molar-refractivity contribution in [2.75, 3.05) is 0 Å². The molecule has 3 nitrogen and oxygen atoms in total. The summed E-state index contributed by atoms with van der Waals surface area (Å²) >= 11 is 3.30. The molecule has 0 fully saturated rings. The van der Waals surface area contributed by atoms with E-state index in [0.29, 0.717) is 16.8 Å². The van der Waals surface area contributed by atoms with Gasteiger partial charge in [-0.1, -0.05) is 60.7 Å². The van der Waals surface area contributed by atoms with Crippen molar-refractivity contribution in [3.05, 3.63) is 99.8 Å². The zero-order chi connectivity index (χ0) is 19.1. The Labute approximate surface area is 165 Å². The van der Waals surface area contributed by atoms with Crippen molar-refractivity contribution in [1.82, 2.24) is 0 Å². The Bertz CT molecular complexity index is 898. The molecule has 138 valence electrons. The molecule has 0 unspecified atom stereocenters. The van der Waals surface area contributed by atoms with Crippen LogP contribution in [0.3, 0.4) is 0 Å². The fraction of sp³-hybridized carbons (Fsp3) is 0.136. The molecule has 0 heterocycles. The topological polar surface area (TPSA) is 35.5 Å². The molecule has 0 bridgehead atoms. The number of hydrogen-bond acceptors (Lipinski definition) is 3. The lowest BCUT2D eigenvalue weighted by Gasteiger charge is -2.11. The standard InChI is InChI=1S/C22H18BrFO3/c23-19-13-20(24)18(11-21(19)26-14-16-7-3-1-4-8-16)12-22(25)27-15-17-9-5-2-6-10-17/h1-11,13H,12,14-15H2. The minimum atomic E-state index is -0.492. The van der Waals surface area contributed by atoms with Crippen LogP contribution in [0, 0.1) is 5.82 Å². The Morgan fingerprint density at radius 2 is 1.48 bits per heavy atom. The van der Waals surface area contributed by atoms with Gasteiger partial charge >= 0.3 is 5.97 Å². The van der Waals surface area contributed by atoms with Gasteiger partial charge in [-0.05, 0) is 39.2 Å². The highest BCUT2D eigenvalue weighted by Gasteiger charge is 2.14. The first-order valence-electron chi connectivity index (χ1n) is 8.46. The minimum Gasteiger partial charge on any atom is -0.488 e. The SMILES string of the molecule is O=C(Cc1cc(OCc2ccccc2)c(Br)cc1F)OCc1ccccc1. The van der Waals surface area contributed by atoms with E-state index in [1.165, 1.54) is 12.1 Å². The van der Waals surface area contributed by atoms with Crippen molar-refractivity contribution in [3.8, 4) is 5.75 Å². The summed E-state index contributed by atoms with van der Waals surface area (Å²) < 4.78 is 25.7. The number of halogens is 2. The number of esters is 1. The lowest BCUT2D eigenvalue weighted by molar-refractivity contribution is -0.144. The van der Waals surface area contributed by atoms with Crippen LogP contribution in [0.1, 0.15) is 16.7 Å². The van der Waals surface area contributed by atoms with Gasteiger partial charge in [-0.15, -0.1) is 0 Å². The van der Waals surface area contributed by atoms with E-state index < -0.39 is 11.8 Å². The molecule has 0 amide bonds. The summed E-state index contributed by atoms with van der Waals surface area (Å²) in [5.41, 5.74) is 2.12. The second-order valence-electron chi connectivity index (χ2n) is 5.97. The van der Waals surface area contributed by atoms with E-state index in [1.807, 2.05) is 60.7 Å². The van der Waals surface area contributed by atoms with E-state index in [1.54, 1.807) is 0 Å². The Morgan fingerprint density at radius 3 is 2.11 bits per heavy atom. The van der Waals surface area contributed by atoms with Crippen LogP contribution < -0.4 is 4.74 Å². The second-order valence-corrected chi connectivity index (χ2v) is 6.83. The van der Waals surface area contributed by atoms with E-state index in [0.717, 1.165) is 11.1 Å². The number of ether oxygens (including phenoxy) is 2. The lowest BCUT2D eigenvalue weighted by Crippen LogP contribution is -2.09. The Hall–Kier alpha value is -2.66. The van der Waals surface area contributed by atoms with Crippen LogP contribution in [-0.2, 0) is 29.2 Å². The monoisotopic (exact) mass is 428 g/mol. The first-order chi connectivity index (χ1) is 13.1. The summed E-state index contributed by atoms with van der Waals surface area (Å²) in [4.78, 5) is 12.1. The van der Waals surface area contributed by atoms with Crippen LogP contribution in [0.4, 0.5) is 4.39 Å². The molecule has 3 aromatic rings. The molecular formula is C22H18BrFO3. The summed E-state index contributed by atoms with van der Waals surface area (Å²) in [6.07, 6.45) is -0.159. The first-order valence-corrected chi connectivity index (χ1v) is 9.25. The van der Waals surface area contributed by atoms with Gasteiger partial charge in [0.25, 0.3) is 0 Å². The van der Waals surface area contributed by atoms with Gasteiger partial charge in [-0.25, -0.2) is 4.39 Å². The highest BCUT2D eigenvalue weighted by molar-refractivity contribution is 9.10. The number of benzene rings is 3. The average molecular weight is 429 g/mol. The molecular weight excluding hydrogens is 411 g/mol. The van der Waals surface area contributed by atoms with Gasteiger partial charge in [0.15, 0.2) is 0 Å². The molecule has 0 spiro atoms. The molecule has 5 heteroatoms. The Kier molecular flexibility index (Phi) is 6.60.